The topological polar surface area (TPSA) is 90.6 Å². The highest BCUT2D eigenvalue weighted by atomic mass is 32.2. The van der Waals surface area contributed by atoms with Gasteiger partial charge < -0.3 is 14.8 Å². The lowest BCUT2D eigenvalue weighted by Gasteiger charge is -2.23. The fraction of sp³-hybridized carbons (Fsp3) is 0.455. The first-order valence-electron chi connectivity index (χ1n) is 10.4. The molecule has 0 unspecified atom stereocenters. The number of carbonyl (C=O) groups is 1. The smallest absolute Gasteiger partial charge is 0.253 e. The van der Waals surface area contributed by atoms with E-state index in [4.69, 9.17) is 9.47 Å². The molecule has 0 aliphatic carbocycles. The van der Waals surface area contributed by atoms with Gasteiger partial charge in [-0.25, -0.2) is 9.50 Å². The number of nitrogens with one attached hydrogen (secondary N) is 1. The molecular formula is C22H27N5O3S. The second kappa shape index (κ2) is 9.13. The SMILES string of the molecule is Cc1cc(C)n2nc(SCC(=O)N[C@H](c3ccc4c(c3)OCCCO4)C(C)C)nc2n1. The highest BCUT2D eigenvalue weighted by Gasteiger charge is 2.21. The summed E-state index contributed by atoms with van der Waals surface area (Å²) in [5, 5.41) is 8.13. The van der Waals surface area contributed by atoms with Crippen molar-refractivity contribution in [1.82, 2.24) is 24.9 Å². The maximum atomic E-state index is 12.7. The number of hydrogen-bond donors (Lipinski definition) is 1. The molecule has 8 nitrogen and oxygen atoms in total. The molecular weight excluding hydrogens is 414 g/mol. The standard InChI is InChI=1S/C22H27N5O3S/c1-13(2)20(16-6-7-17-18(11-16)30-9-5-8-29-17)24-19(28)12-31-22-25-21-23-14(3)10-15(4)27(21)26-22/h6-7,10-11,13,20H,5,8-9,12H2,1-4H3,(H,24,28)/t20-/m0/s1. The van der Waals surface area contributed by atoms with Crippen molar-refractivity contribution in [3.8, 4) is 11.5 Å². The van der Waals surface area contributed by atoms with Gasteiger partial charge in [-0.3, -0.25) is 4.79 Å². The van der Waals surface area contributed by atoms with Crippen LogP contribution in [0.5, 0.6) is 11.5 Å². The number of hydrogen-bond acceptors (Lipinski definition) is 7. The molecule has 1 aliphatic heterocycles. The number of aromatic nitrogens is 4. The van der Waals surface area contributed by atoms with Gasteiger partial charge in [0, 0.05) is 17.8 Å². The Hall–Kier alpha value is -2.81. The predicted octanol–water partition coefficient (Wildman–Crippen LogP) is 3.51. The average Bonchev–Trinajstić information content (AvgIpc) is 2.99. The molecule has 2 aromatic heterocycles. The molecule has 0 fully saturated rings. The Bertz CT molecular complexity index is 1100. The summed E-state index contributed by atoms with van der Waals surface area (Å²) in [5.41, 5.74) is 2.85. The van der Waals surface area contributed by atoms with E-state index >= 15 is 0 Å². The van der Waals surface area contributed by atoms with E-state index in [0.717, 1.165) is 34.9 Å². The summed E-state index contributed by atoms with van der Waals surface area (Å²) in [6.45, 7) is 9.34. The van der Waals surface area contributed by atoms with Crippen molar-refractivity contribution in [3.63, 3.8) is 0 Å². The minimum Gasteiger partial charge on any atom is -0.490 e. The monoisotopic (exact) mass is 441 g/mol. The van der Waals surface area contributed by atoms with Crippen LogP contribution in [0.3, 0.4) is 0 Å². The Morgan fingerprint density at radius 2 is 1.94 bits per heavy atom. The molecule has 4 rings (SSSR count). The molecule has 0 saturated heterocycles. The Morgan fingerprint density at radius 1 is 1.16 bits per heavy atom. The van der Waals surface area contributed by atoms with E-state index in [2.05, 4.69) is 34.2 Å². The van der Waals surface area contributed by atoms with Crippen LogP contribution in [-0.4, -0.2) is 44.5 Å². The van der Waals surface area contributed by atoms with E-state index < -0.39 is 0 Å². The molecule has 1 aliphatic rings. The summed E-state index contributed by atoms with van der Waals surface area (Å²) in [4.78, 5) is 21.5. The van der Waals surface area contributed by atoms with Crippen LogP contribution < -0.4 is 14.8 Å². The molecule has 1 N–H and O–H groups in total. The number of benzene rings is 1. The van der Waals surface area contributed by atoms with Gasteiger partial charge in [-0.2, -0.15) is 4.98 Å². The van der Waals surface area contributed by atoms with Gasteiger partial charge in [0.15, 0.2) is 11.5 Å². The lowest BCUT2D eigenvalue weighted by atomic mass is 9.95. The first-order valence-corrected chi connectivity index (χ1v) is 11.4. The van der Waals surface area contributed by atoms with Gasteiger partial charge in [0.25, 0.3) is 5.78 Å². The van der Waals surface area contributed by atoms with Gasteiger partial charge in [0.1, 0.15) is 0 Å². The normalized spacial score (nSPS) is 14.5. The molecule has 31 heavy (non-hydrogen) atoms. The molecule has 0 spiro atoms. The molecule has 0 saturated carbocycles. The van der Waals surface area contributed by atoms with E-state index in [0.29, 0.717) is 24.1 Å². The Morgan fingerprint density at radius 3 is 2.71 bits per heavy atom. The Kier molecular flexibility index (Phi) is 6.31. The van der Waals surface area contributed by atoms with Crippen LogP contribution in [0.1, 0.15) is 43.3 Å². The fourth-order valence-electron chi connectivity index (χ4n) is 3.56. The van der Waals surface area contributed by atoms with Crippen LogP contribution in [-0.2, 0) is 4.79 Å². The van der Waals surface area contributed by atoms with Gasteiger partial charge >= 0.3 is 0 Å². The summed E-state index contributed by atoms with van der Waals surface area (Å²) in [5.74, 6) is 2.40. The number of thioether (sulfide) groups is 1. The summed E-state index contributed by atoms with van der Waals surface area (Å²) in [6, 6.07) is 7.70. The lowest BCUT2D eigenvalue weighted by Crippen LogP contribution is -2.33. The van der Waals surface area contributed by atoms with E-state index in [1.807, 2.05) is 38.1 Å². The molecule has 1 aromatic carbocycles. The van der Waals surface area contributed by atoms with E-state index in [1.54, 1.807) is 4.52 Å². The van der Waals surface area contributed by atoms with Crippen molar-refractivity contribution in [3.05, 3.63) is 41.2 Å². The van der Waals surface area contributed by atoms with Crippen molar-refractivity contribution in [2.45, 2.75) is 45.3 Å². The van der Waals surface area contributed by atoms with Crippen LogP contribution in [0.15, 0.2) is 29.4 Å². The number of amides is 1. The molecule has 9 heteroatoms. The van der Waals surface area contributed by atoms with Crippen LogP contribution in [0, 0.1) is 19.8 Å². The van der Waals surface area contributed by atoms with Crippen LogP contribution in [0.4, 0.5) is 0 Å². The Labute approximate surface area is 185 Å². The fourth-order valence-corrected chi connectivity index (χ4v) is 4.19. The van der Waals surface area contributed by atoms with E-state index in [-0.39, 0.29) is 23.6 Å². The zero-order chi connectivity index (χ0) is 22.0. The van der Waals surface area contributed by atoms with Crippen molar-refractivity contribution >= 4 is 23.4 Å². The summed E-state index contributed by atoms with van der Waals surface area (Å²) >= 11 is 1.30. The average molecular weight is 442 g/mol. The number of ether oxygens (including phenoxy) is 2. The maximum Gasteiger partial charge on any atom is 0.253 e. The molecule has 164 valence electrons. The van der Waals surface area contributed by atoms with E-state index in [1.165, 1.54) is 11.8 Å². The van der Waals surface area contributed by atoms with Gasteiger partial charge in [-0.1, -0.05) is 31.7 Å². The molecule has 1 amide bonds. The summed E-state index contributed by atoms with van der Waals surface area (Å²) < 4.78 is 13.2. The maximum absolute atomic E-state index is 12.7. The van der Waals surface area contributed by atoms with Gasteiger partial charge in [-0.05, 0) is 43.5 Å². The molecule has 0 radical (unpaired) electrons. The summed E-state index contributed by atoms with van der Waals surface area (Å²) in [6.07, 6.45) is 0.858. The Balaban J connectivity index is 1.43. The first kappa shape index (κ1) is 21.4. The molecule has 3 heterocycles. The number of rotatable bonds is 6. The van der Waals surface area contributed by atoms with Gasteiger partial charge in [0.05, 0.1) is 25.0 Å². The van der Waals surface area contributed by atoms with Crippen LogP contribution in [0.25, 0.3) is 5.78 Å². The largest absolute Gasteiger partial charge is 0.490 e. The third-order valence-electron chi connectivity index (χ3n) is 5.05. The number of aryl methyl sites for hydroxylation is 2. The third kappa shape index (κ3) is 4.92. The molecule has 1 atom stereocenters. The molecule has 3 aromatic rings. The highest BCUT2D eigenvalue weighted by Crippen LogP contribution is 2.34. The van der Waals surface area contributed by atoms with Crippen molar-refractivity contribution in [1.29, 1.82) is 0 Å². The summed E-state index contributed by atoms with van der Waals surface area (Å²) in [7, 11) is 0. The number of carbonyl (C=O) groups excluding carboxylic acids is 1. The second-order valence-electron chi connectivity index (χ2n) is 7.98. The highest BCUT2D eigenvalue weighted by molar-refractivity contribution is 7.99. The zero-order valence-corrected chi connectivity index (χ0v) is 19.0. The number of nitrogens with zero attached hydrogens (tertiary/aromatic N) is 4. The van der Waals surface area contributed by atoms with Crippen molar-refractivity contribution < 1.29 is 14.3 Å². The van der Waals surface area contributed by atoms with Crippen molar-refractivity contribution in [2.24, 2.45) is 5.92 Å². The quantitative estimate of drug-likeness (QED) is 0.586. The number of fused-ring (bicyclic) bond motifs is 2. The van der Waals surface area contributed by atoms with Crippen LogP contribution in [0.2, 0.25) is 0 Å². The predicted molar refractivity (Wildman–Crippen MR) is 119 cm³/mol. The zero-order valence-electron chi connectivity index (χ0n) is 18.2. The second-order valence-corrected chi connectivity index (χ2v) is 8.92. The third-order valence-corrected chi connectivity index (χ3v) is 5.88. The van der Waals surface area contributed by atoms with Gasteiger partial charge in [0.2, 0.25) is 11.1 Å². The first-order chi connectivity index (χ1) is 14.9. The lowest BCUT2D eigenvalue weighted by molar-refractivity contribution is -0.119. The van der Waals surface area contributed by atoms with Crippen LogP contribution >= 0.6 is 11.8 Å². The van der Waals surface area contributed by atoms with Crippen molar-refractivity contribution in [2.75, 3.05) is 19.0 Å². The molecule has 0 bridgehead atoms. The van der Waals surface area contributed by atoms with E-state index in [9.17, 15) is 4.79 Å². The minimum atomic E-state index is -0.133. The van der Waals surface area contributed by atoms with Gasteiger partial charge in [-0.15, -0.1) is 5.10 Å². The minimum absolute atomic E-state index is 0.0736.